The summed E-state index contributed by atoms with van der Waals surface area (Å²) in [7, 11) is 3.37. The van der Waals surface area contributed by atoms with E-state index < -0.39 is 17.4 Å². The molecule has 1 aromatic carbocycles. The van der Waals surface area contributed by atoms with E-state index in [0.29, 0.717) is 17.9 Å². The van der Waals surface area contributed by atoms with E-state index >= 15 is 0 Å². The first kappa shape index (κ1) is 20.7. The number of likely N-dealkylation sites (N-methyl/N-ethyl adjacent to an activating group) is 1. The van der Waals surface area contributed by atoms with Crippen LogP contribution >= 0.6 is 0 Å². The summed E-state index contributed by atoms with van der Waals surface area (Å²) >= 11 is 0. The summed E-state index contributed by atoms with van der Waals surface area (Å²) in [5, 5.41) is 12.9. The van der Waals surface area contributed by atoms with E-state index in [1.54, 1.807) is 26.4 Å². The molecule has 154 valence electrons. The van der Waals surface area contributed by atoms with Gasteiger partial charge in [-0.2, -0.15) is 0 Å². The van der Waals surface area contributed by atoms with Crippen molar-refractivity contribution < 1.29 is 19.4 Å². The number of rotatable bonds is 7. The van der Waals surface area contributed by atoms with Gasteiger partial charge < -0.3 is 15.2 Å². The Morgan fingerprint density at radius 2 is 2.03 bits per heavy atom. The molecule has 0 aliphatic carbocycles. The lowest BCUT2D eigenvalue weighted by Gasteiger charge is -2.34. The normalized spacial score (nSPS) is 24.2. The summed E-state index contributed by atoms with van der Waals surface area (Å²) in [6, 6.07) is 8.80. The molecule has 0 saturated carbocycles. The van der Waals surface area contributed by atoms with Crippen LogP contribution in [0.4, 0.5) is 0 Å². The van der Waals surface area contributed by atoms with Crippen LogP contribution in [0.15, 0.2) is 42.9 Å². The molecule has 0 radical (unpaired) electrons. The van der Waals surface area contributed by atoms with E-state index in [0.717, 1.165) is 5.56 Å². The second-order valence-electron chi connectivity index (χ2n) is 7.25. The number of ether oxygens (including phenoxy) is 1. The number of nitrogens with zero attached hydrogens (tertiary/aromatic N) is 3. The van der Waals surface area contributed by atoms with Crippen LogP contribution in [-0.2, 0) is 16.1 Å². The highest BCUT2D eigenvalue weighted by molar-refractivity contribution is 5.85. The molecule has 3 atom stereocenters. The van der Waals surface area contributed by atoms with Crippen molar-refractivity contribution in [3.63, 3.8) is 0 Å². The lowest BCUT2D eigenvalue weighted by Crippen LogP contribution is -2.48. The monoisotopic (exact) mass is 398 g/mol. The molecule has 0 unspecified atom stereocenters. The lowest BCUT2D eigenvalue weighted by atomic mass is 9.87. The number of carboxylic acid groups (broad SMARTS) is 1. The molecule has 0 spiro atoms. The number of amides is 1. The fourth-order valence-corrected chi connectivity index (χ4v) is 4.16. The van der Waals surface area contributed by atoms with Crippen LogP contribution in [0.25, 0.3) is 0 Å². The largest absolute Gasteiger partial charge is 0.497 e. The summed E-state index contributed by atoms with van der Waals surface area (Å²) < 4.78 is 5.22. The molecule has 29 heavy (non-hydrogen) atoms. The average Bonchev–Trinajstić information content (AvgIpc) is 3.06. The molecule has 2 heterocycles. The summed E-state index contributed by atoms with van der Waals surface area (Å²) in [5.74, 6) is -0.898. The summed E-state index contributed by atoms with van der Waals surface area (Å²) in [5.41, 5.74) is 0.481. The van der Waals surface area contributed by atoms with Gasteiger partial charge in [0.2, 0.25) is 5.91 Å². The Hall–Kier alpha value is -3.00. The van der Waals surface area contributed by atoms with E-state index in [4.69, 9.17) is 4.74 Å². The number of carbonyl (C=O) groups excluding carboxylic acids is 1. The molecule has 1 aliphatic rings. The van der Waals surface area contributed by atoms with Crippen LogP contribution < -0.4 is 10.1 Å². The predicted molar refractivity (Wildman–Crippen MR) is 106 cm³/mol. The molecule has 2 aromatic rings. The van der Waals surface area contributed by atoms with Crippen LogP contribution in [-0.4, -0.2) is 51.5 Å². The van der Waals surface area contributed by atoms with Gasteiger partial charge in [-0.15, -0.1) is 0 Å². The number of likely N-dealkylation sites (tertiary alicyclic amines) is 1. The van der Waals surface area contributed by atoms with Crippen LogP contribution in [0.5, 0.6) is 5.75 Å². The standard InChI is InChI=1S/C21H26N4O4/c1-4-21(20(27)28)11-17(19(26)23-12-15-9-10-22-13-24-15)18(25(21)2)14-5-7-16(29-3)8-6-14/h5-10,13,17-18H,4,11-12H2,1-3H3,(H,23,26)(H,27,28)/t17-,18-,21-/m0/s1. The maximum absolute atomic E-state index is 13.1. The third-order valence-electron chi connectivity index (χ3n) is 5.90. The Balaban J connectivity index is 1.89. The molecule has 8 heteroatoms. The van der Waals surface area contributed by atoms with Gasteiger partial charge >= 0.3 is 5.97 Å². The van der Waals surface area contributed by atoms with E-state index in [-0.39, 0.29) is 24.9 Å². The number of carbonyl (C=O) groups is 2. The number of hydrogen-bond acceptors (Lipinski definition) is 6. The molecule has 1 aliphatic heterocycles. The summed E-state index contributed by atoms with van der Waals surface area (Å²) in [4.78, 5) is 35.1. The maximum atomic E-state index is 13.1. The molecule has 8 nitrogen and oxygen atoms in total. The van der Waals surface area contributed by atoms with Crippen molar-refractivity contribution in [3.05, 3.63) is 54.1 Å². The van der Waals surface area contributed by atoms with Gasteiger partial charge in [-0.05, 0) is 43.7 Å². The second-order valence-corrected chi connectivity index (χ2v) is 7.25. The second kappa shape index (κ2) is 8.57. The van der Waals surface area contributed by atoms with Crippen molar-refractivity contribution in [3.8, 4) is 5.75 Å². The topological polar surface area (TPSA) is 105 Å². The summed E-state index contributed by atoms with van der Waals surface area (Å²) in [6.07, 6.45) is 3.69. The van der Waals surface area contributed by atoms with Crippen molar-refractivity contribution in [1.29, 1.82) is 0 Å². The molecule has 2 N–H and O–H groups in total. The molecule has 3 rings (SSSR count). The fraction of sp³-hybridized carbons (Fsp3) is 0.429. The lowest BCUT2D eigenvalue weighted by molar-refractivity contribution is -0.150. The van der Waals surface area contributed by atoms with Crippen LogP contribution in [0.3, 0.4) is 0 Å². The van der Waals surface area contributed by atoms with Crippen molar-refractivity contribution in [2.24, 2.45) is 5.92 Å². The molecular weight excluding hydrogens is 372 g/mol. The van der Waals surface area contributed by atoms with Crippen molar-refractivity contribution in [2.75, 3.05) is 14.2 Å². The quantitative estimate of drug-likeness (QED) is 0.735. The third-order valence-corrected chi connectivity index (χ3v) is 5.90. The van der Waals surface area contributed by atoms with Crippen LogP contribution in [0, 0.1) is 5.92 Å². The highest BCUT2D eigenvalue weighted by Gasteiger charge is 2.56. The van der Waals surface area contributed by atoms with Crippen LogP contribution in [0.1, 0.15) is 37.1 Å². The van der Waals surface area contributed by atoms with Gasteiger partial charge in [0.05, 0.1) is 25.3 Å². The fourth-order valence-electron chi connectivity index (χ4n) is 4.16. The van der Waals surface area contributed by atoms with Crippen LogP contribution in [0.2, 0.25) is 0 Å². The van der Waals surface area contributed by atoms with Crippen molar-refractivity contribution in [2.45, 2.75) is 37.9 Å². The van der Waals surface area contributed by atoms with E-state index in [2.05, 4.69) is 15.3 Å². The van der Waals surface area contributed by atoms with Gasteiger partial charge in [0.1, 0.15) is 17.6 Å². The number of methoxy groups -OCH3 is 1. The summed E-state index contributed by atoms with van der Waals surface area (Å²) in [6.45, 7) is 2.11. The maximum Gasteiger partial charge on any atom is 0.324 e. The first-order valence-electron chi connectivity index (χ1n) is 9.56. The number of benzene rings is 1. The Morgan fingerprint density at radius 3 is 2.59 bits per heavy atom. The van der Waals surface area contributed by atoms with Gasteiger partial charge in [-0.25, -0.2) is 9.97 Å². The number of aromatic nitrogens is 2. The molecule has 0 bridgehead atoms. The van der Waals surface area contributed by atoms with Gasteiger partial charge in [0, 0.05) is 12.2 Å². The van der Waals surface area contributed by atoms with E-state index in [1.807, 2.05) is 36.1 Å². The minimum Gasteiger partial charge on any atom is -0.497 e. The number of hydrogen-bond donors (Lipinski definition) is 2. The van der Waals surface area contributed by atoms with E-state index in [9.17, 15) is 14.7 Å². The van der Waals surface area contributed by atoms with Crippen molar-refractivity contribution in [1.82, 2.24) is 20.2 Å². The molecule has 1 saturated heterocycles. The minimum absolute atomic E-state index is 0.187. The zero-order valence-corrected chi connectivity index (χ0v) is 16.8. The van der Waals surface area contributed by atoms with Gasteiger partial charge in [0.25, 0.3) is 0 Å². The Kier molecular flexibility index (Phi) is 6.12. The molecule has 1 amide bonds. The van der Waals surface area contributed by atoms with Gasteiger partial charge in [0.15, 0.2) is 0 Å². The van der Waals surface area contributed by atoms with Gasteiger partial charge in [-0.1, -0.05) is 19.1 Å². The SMILES string of the molecule is CC[C@@]1(C(=O)O)C[C@H](C(=O)NCc2ccncn2)[C@H](c2ccc(OC)cc2)N1C. The minimum atomic E-state index is -1.10. The number of aliphatic carboxylic acids is 1. The first-order chi connectivity index (χ1) is 13.9. The molecule has 1 aromatic heterocycles. The van der Waals surface area contributed by atoms with E-state index in [1.165, 1.54) is 6.33 Å². The van der Waals surface area contributed by atoms with Gasteiger partial charge in [-0.3, -0.25) is 14.5 Å². The molecule has 1 fully saturated rings. The first-order valence-corrected chi connectivity index (χ1v) is 9.56. The zero-order chi connectivity index (χ0) is 21.0. The number of carboxylic acids is 1. The van der Waals surface area contributed by atoms with Crippen molar-refractivity contribution >= 4 is 11.9 Å². The molecular formula is C21H26N4O4. The number of nitrogens with one attached hydrogen (secondary N) is 1. The Labute approximate surface area is 169 Å². The Bertz CT molecular complexity index is 859. The predicted octanol–water partition coefficient (Wildman–Crippen LogP) is 2.03. The zero-order valence-electron chi connectivity index (χ0n) is 16.8. The highest BCUT2D eigenvalue weighted by atomic mass is 16.5. The Morgan fingerprint density at radius 1 is 1.31 bits per heavy atom. The third kappa shape index (κ3) is 3.93. The highest BCUT2D eigenvalue weighted by Crippen LogP contribution is 2.47. The average molecular weight is 398 g/mol. The smallest absolute Gasteiger partial charge is 0.324 e.